The summed E-state index contributed by atoms with van der Waals surface area (Å²) in [7, 11) is 1.62. The predicted molar refractivity (Wildman–Crippen MR) is 98.9 cm³/mol. The van der Waals surface area contributed by atoms with Crippen molar-refractivity contribution in [1.82, 2.24) is 5.32 Å². The Bertz CT molecular complexity index is 724. The first-order valence-corrected chi connectivity index (χ1v) is 8.32. The molecule has 0 aliphatic heterocycles. The smallest absolute Gasteiger partial charge is 0.313 e. The maximum absolute atomic E-state index is 12.1. The fourth-order valence-electron chi connectivity index (χ4n) is 2.49. The molecule has 0 aliphatic carbocycles. The Kier molecular flexibility index (Phi) is 6.57. The molecule has 0 saturated heterocycles. The van der Waals surface area contributed by atoms with Crippen molar-refractivity contribution in [2.45, 2.75) is 26.2 Å². The number of amides is 2. The van der Waals surface area contributed by atoms with Crippen molar-refractivity contribution < 1.29 is 14.3 Å². The van der Waals surface area contributed by atoms with E-state index in [0.29, 0.717) is 18.7 Å². The summed E-state index contributed by atoms with van der Waals surface area (Å²) in [6, 6.07) is 15.1. The minimum absolute atomic E-state index is 0.259. The van der Waals surface area contributed by atoms with Gasteiger partial charge in [0.05, 0.1) is 7.11 Å². The van der Waals surface area contributed by atoms with Gasteiger partial charge in [-0.1, -0.05) is 44.2 Å². The number of anilines is 1. The van der Waals surface area contributed by atoms with Gasteiger partial charge in [-0.25, -0.2) is 0 Å². The first-order chi connectivity index (χ1) is 12.0. The van der Waals surface area contributed by atoms with Gasteiger partial charge in [0.2, 0.25) is 0 Å². The van der Waals surface area contributed by atoms with Gasteiger partial charge in [-0.05, 0) is 41.7 Å². The molecule has 132 valence electrons. The van der Waals surface area contributed by atoms with E-state index in [0.717, 1.165) is 16.9 Å². The highest BCUT2D eigenvalue weighted by Gasteiger charge is 2.15. The van der Waals surface area contributed by atoms with Crippen LogP contribution in [0.5, 0.6) is 5.75 Å². The second-order valence-electron chi connectivity index (χ2n) is 6.05. The van der Waals surface area contributed by atoms with Crippen molar-refractivity contribution in [2.24, 2.45) is 0 Å². The molecule has 2 aromatic rings. The SMILES string of the molecule is COc1ccc(CCNC(=O)C(=O)Nc2ccccc2C(C)C)cc1. The zero-order chi connectivity index (χ0) is 18.2. The van der Waals surface area contributed by atoms with Gasteiger partial charge in [-0.15, -0.1) is 0 Å². The highest BCUT2D eigenvalue weighted by atomic mass is 16.5. The molecule has 2 rings (SSSR count). The lowest BCUT2D eigenvalue weighted by atomic mass is 10.0. The average molecular weight is 340 g/mol. The van der Waals surface area contributed by atoms with E-state index in [9.17, 15) is 9.59 Å². The van der Waals surface area contributed by atoms with E-state index in [-0.39, 0.29) is 5.92 Å². The first kappa shape index (κ1) is 18.5. The Morgan fingerprint density at radius 2 is 1.68 bits per heavy atom. The van der Waals surface area contributed by atoms with Crippen LogP contribution < -0.4 is 15.4 Å². The minimum Gasteiger partial charge on any atom is -0.497 e. The molecule has 0 aromatic heterocycles. The lowest BCUT2D eigenvalue weighted by Crippen LogP contribution is -2.36. The van der Waals surface area contributed by atoms with Gasteiger partial charge in [-0.2, -0.15) is 0 Å². The van der Waals surface area contributed by atoms with Crippen molar-refractivity contribution in [1.29, 1.82) is 0 Å². The van der Waals surface area contributed by atoms with E-state index in [1.807, 2.05) is 56.3 Å². The molecule has 0 radical (unpaired) electrons. The van der Waals surface area contributed by atoms with E-state index in [2.05, 4.69) is 10.6 Å². The van der Waals surface area contributed by atoms with Crippen LogP contribution in [0, 0.1) is 0 Å². The molecule has 0 spiro atoms. The summed E-state index contributed by atoms with van der Waals surface area (Å²) in [5.41, 5.74) is 2.74. The molecule has 2 amide bonds. The number of methoxy groups -OCH3 is 1. The maximum Gasteiger partial charge on any atom is 0.313 e. The number of carbonyl (C=O) groups is 2. The number of para-hydroxylation sites is 1. The van der Waals surface area contributed by atoms with Crippen molar-refractivity contribution in [3.05, 3.63) is 59.7 Å². The highest BCUT2D eigenvalue weighted by molar-refractivity contribution is 6.39. The summed E-state index contributed by atoms with van der Waals surface area (Å²) < 4.78 is 5.10. The predicted octanol–water partition coefficient (Wildman–Crippen LogP) is 3.12. The van der Waals surface area contributed by atoms with Crippen molar-refractivity contribution in [3.63, 3.8) is 0 Å². The van der Waals surface area contributed by atoms with E-state index < -0.39 is 11.8 Å². The Morgan fingerprint density at radius 3 is 2.32 bits per heavy atom. The zero-order valence-corrected chi connectivity index (χ0v) is 14.8. The molecule has 2 N–H and O–H groups in total. The number of rotatable bonds is 6. The average Bonchev–Trinajstić information content (AvgIpc) is 2.62. The van der Waals surface area contributed by atoms with Crippen LogP contribution in [0.1, 0.15) is 30.9 Å². The zero-order valence-electron chi connectivity index (χ0n) is 14.8. The third-order valence-corrected chi connectivity index (χ3v) is 3.90. The third kappa shape index (κ3) is 5.35. The molecule has 0 unspecified atom stereocenters. The van der Waals surface area contributed by atoms with Crippen molar-refractivity contribution >= 4 is 17.5 Å². The highest BCUT2D eigenvalue weighted by Crippen LogP contribution is 2.23. The van der Waals surface area contributed by atoms with Gasteiger partial charge in [0.15, 0.2) is 0 Å². The summed E-state index contributed by atoms with van der Waals surface area (Å²) in [6.45, 7) is 4.48. The molecule has 0 saturated carbocycles. The Hall–Kier alpha value is -2.82. The number of nitrogens with one attached hydrogen (secondary N) is 2. The third-order valence-electron chi connectivity index (χ3n) is 3.90. The van der Waals surface area contributed by atoms with E-state index in [1.54, 1.807) is 13.2 Å². The quantitative estimate of drug-likeness (QED) is 0.794. The summed E-state index contributed by atoms with van der Waals surface area (Å²) in [5.74, 6) is -0.236. The molecule has 0 heterocycles. The van der Waals surface area contributed by atoms with Gasteiger partial charge in [0.1, 0.15) is 5.75 Å². The Morgan fingerprint density at radius 1 is 1.00 bits per heavy atom. The fraction of sp³-hybridized carbons (Fsp3) is 0.300. The summed E-state index contributed by atoms with van der Waals surface area (Å²) in [4.78, 5) is 24.0. The number of hydrogen-bond donors (Lipinski definition) is 2. The normalized spacial score (nSPS) is 10.4. The van der Waals surface area contributed by atoms with Crippen LogP contribution in [0.25, 0.3) is 0 Å². The van der Waals surface area contributed by atoms with Crippen LogP contribution in [-0.2, 0) is 16.0 Å². The monoisotopic (exact) mass is 340 g/mol. The molecule has 0 atom stereocenters. The van der Waals surface area contributed by atoms with Crippen LogP contribution in [0.3, 0.4) is 0 Å². The van der Waals surface area contributed by atoms with Gasteiger partial charge in [-0.3, -0.25) is 9.59 Å². The molecule has 0 bridgehead atoms. The number of hydrogen-bond acceptors (Lipinski definition) is 3. The van der Waals surface area contributed by atoms with Gasteiger partial charge < -0.3 is 15.4 Å². The van der Waals surface area contributed by atoms with Gasteiger partial charge in [0, 0.05) is 12.2 Å². The van der Waals surface area contributed by atoms with Crippen LogP contribution >= 0.6 is 0 Å². The topological polar surface area (TPSA) is 67.4 Å². The van der Waals surface area contributed by atoms with Gasteiger partial charge >= 0.3 is 11.8 Å². The van der Waals surface area contributed by atoms with Gasteiger partial charge in [0.25, 0.3) is 0 Å². The van der Waals surface area contributed by atoms with E-state index >= 15 is 0 Å². The largest absolute Gasteiger partial charge is 0.497 e. The lowest BCUT2D eigenvalue weighted by molar-refractivity contribution is -0.136. The molecule has 25 heavy (non-hydrogen) atoms. The van der Waals surface area contributed by atoms with Crippen LogP contribution in [0.2, 0.25) is 0 Å². The number of ether oxygens (including phenoxy) is 1. The second-order valence-corrected chi connectivity index (χ2v) is 6.05. The Labute approximate surface area is 148 Å². The van der Waals surface area contributed by atoms with Crippen molar-refractivity contribution in [3.8, 4) is 5.75 Å². The molecular weight excluding hydrogens is 316 g/mol. The van der Waals surface area contributed by atoms with Crippen molar-refractivity contribution in [2.75, 3.05) is 19.0 Å². The van der Waals surface area contributed by atoms with E-state index in [4.69, 9.17) is 4.74 Å². The first-order valence-electron chi connectivity index (χ1n) is 8.32. The maximum atomic E-state index is 12.1. The minimum atomic E-state index is -0.650. The number of benzene rings is 2. The molecule has 5 nitrogen and oxygen atoms in total. The van der Waals surface area contributed by atoms with E-state index in [1.165, 1.54) is 0 Å². The van der Waals surface area contributed by atoms with Crippen LogP contribution in [0.15, 0.2) is 48.5 Å². The van der Waals surface area contributed by atoms with Crippen LogP contribution in [0.4, 0.5) is 5.69 Å². The Balaban J connectivity index is 1.85. The standard InChI is InChI=1S/C20H24N2O3/c1-14(2)17-6-4-5-7-18(17)22-20(24)19(23)21-13-12-15-8-10-16(25-3)11-9-15/h4-11,14H,12-13H2,1-3H3,(H,21,23)(H,22,24). The molecule has 0 fully saturated rings. The van der Waals surface area contributed by atoms with Crippen LogP contribution in [-0.4, -0.2) is 25.5 Å². The molecule has 5 heteroatoms. The molecule has 0 aliphatic rings. The fourth-order valence-corrected chi connectivity index (χ4v) is 2.49. The number of carbonyl (C=O) groups excluding carboxylic acids is 2. The lowest BCUT2D eigenvalue weighted by Gasteiger charge is -2.13. The summed E-state index contributed by atoms with van der Waals surface area (Å²) in [5, 5.41) is 5.33. The summed E-state index contributed by atoms with van der Waals surface area (Å²) >= 11 is 0. The summed E-state index contributed by atoms with van der Waals surface area (Å²) in [6.07, 6.45) is 0.644. The molecule has 2 aromatic carbocycles. The molecular formula is C20H24N2O3. The second kappa shape index (κ2) is 8.87.